The van der Waals surface area contributed by atoms with Crippen LogP contribution in [0.1, 0.15) is 52.1 Å². The smallest absolute Gasteiger partial charge is 0.408 e. The van der Waals surface area contributed by atoms with Gasteiger partial charge in [0.25, 0.3) is 0 Å². The molecule has 1 saturated heterocycles. The number of hydrogen-bond donors (Lipinski definition) is 0. The van der Waals surface area contributed by atoms with Crippen molar-refractivity contribution in [3.63, 3.8) is 0 Å². The summed E-state index contributed by atoms with van der Waals surface area (Å²) in [7, 11) is 0. The number of carbonyl (C=O) groups is 1. The van der Waals surface area contributed by atoms with Crippen LogP contribution < -0.4 is 5.76 Å². The number of nitrogens with zero attached hydrogens (tertiary/aromatic N) is 2. The van der Waals surface area contributed by atoms with Crippen molar-refractivity contribution in [3.05, 3.63) is 46.5 Å². The maximum Gasteiger partial charge on any atom is 0.420 e. The van der Waals surface area contributed by atoms with Crippen molar-refractivity contribution in [2.75, 3.05) is 13.1 Å². The lowest BCUT2D eigenvalue weighted by Gasteiger charge is -2.31. The van der Waals surface area contributed by atoms with Gasteiger partial charge >= 0.3 is 5.76 Å². The maximum absolute atomic E-state index is 12.4. The second-order valence-corrected chi connectivity index (χ2v) is 7.73. The number of fused-ring (bicyclic) bond motifs is 1. The summed E-state index contributed by atoms with van der Waals surface area (Å²) < 4.78 is 7.23. The van der Waals surface area contributed by atoms with Gasteiger partial charge in [0.2, 0.25) is 5.91 Å². The fourth-order valence-corrected chi connectivity index (χ4v) is 3.44. The molecule has 1 aliphatic rings. The number of likely N-dealkylation sites (tertiary alicyclic amines) is 1. The van der Waals surface area contributed by atoms with Crippen LogP contribution in [0.4, 0.5) is 0 Å². The summed E-state index contributed by atoms with van der Waals surface area (Å²) >= 11 is 0. The third-order valence-corrected chi connectivity index (χ3v) is 4.93. The Kier molecular flexibility index (Phi) is 4.58. The molecule has 1 fully saturated rings. The Labute approximate surface area is 147 Å². The number of rotatable bonds is 2. The van der Waals surface area contributed by atoms with Crippen LogP contribution in [-0.4, -0.2) is 28.5 Å². The normalized spacial score (nSPS) is 16.9. The topological polar surface area (TPSA) is 55.5 Å². The fourth-order valence-electron chi connectivity index (χ4n) is 3.44. The van der Waals surface area contributed by atoms with Gasteiger partial charge in [-0.3, -0.25) is 9.36 Å². The zero-order chi connectivity index (χ0) is 18.2. The third kappa shape index (κ3) is 3.41. The number of allylic oxidation sites excluding steroid dienone is 1. The van der Waals surface area contributed by atoms with E-state index in [-0.39, 0.29) is 23.1 Å². The summed E-state index contributed by atoms with van der Waals surface area (Å²) in [4.78, 5) is 26.2. The Morgan fingerprint density at radius 1 is 1.24 bits per heavy atom. The van der Waals surface area contributed by atoms with Gasteiger partial charge in [-0.15, -0.1) is 0 Å². The molecular weight excluding hydrogens is 316 g/mol. The summed E-state index contributed by atoms with van der Waals surface area (Å²) in [6.45, 7) is 9.62. The molecule has 0 saturated carbocycles. The minimum Gasteiger partial charge on any atom is -0.408 e. The molecular formula is C20H26N2O3. The Balaban J connectivity index is 1.90. The Morgan fingerprint density at radius 2 is 1.92 bits per heavy atom. The summed E-state index contributed by atoms with van der Waals surface area (Å²) in [5, 5.41) is 0. The number of hydrogen-bond acceptors (Lipinski definition) is 3. The third-order valence-electron chi connectivity index (χ3n) is 4.93. The molecule has 25 heavy (non-hydrogen) atoms. The van der Waals surface area contributed by atoms with Crippen LogP contribution in [0.2, 0.25) is 0 Å². The van der Waals surface area contributed by atoms with E-state index in [0.717, 1.165) is 18.4 Å². The molecule has 0 bridgehead atoms. The standard InChI is InChI=1S/C20H26N2O3/c1-5-6-18(23)21-11-9-15(10-12-21)22-16-13-14(20(2,3)4)7-8-17(16)25-19(22)24/h5-8,13,15H,9-12H2,1-4H3/b6-5+. The monoisotopic (exact) mass is 342 g/mol. The summed E-state index contributed by atoms with van der Waals surface area (Å²) in [6.07, 6.45) is 4.88. The van der Waals surface area contributed by atoms with E-state index in [0.29, 0.717) is 18.7 Å². The highest BCUT2D eigenvalue weighted by Gasteiger charge is 2.26. The number of amides is 1. The molecule has 2 aromatic rings. The van der Waals surface area contributed by atoms with Crippen molar-refractivity contribution in [2.45, 2.75) is 52.0 Å². The molecule has 0 atom stereocenters. The van der Waals surface area contributed by atoms with E-state index in [1.54, 1.807) is 16.7 Å². The van der Waals surface area contributed by atoms with Gasteiger partial charge in [-0.2, -0.15) is 0 Å². The molecule has 5 nitrogen and oxygen atoms in total. The van der Waals surface area contributed by atoms with Crippen molar-refractivity contribution in [1.29, 1.82) is 0 Å². The van der Waals surface area contributed by atoms with Gasteiger partial charge < -0.3 is 9.32 Å². The molecule has 1 amide bonds. The average Bonchev–Trinajstić information content (AvgIpc) is 2.89. The van der Waals surface area contributed by atoms with Crippen molar-refractivity contribution in [1.82, 2.24) is 9.47 Å². The van der Waals surface area contributed by atoms with Crippen LogP contribution in [0.25, 0.3) is 11.1 Å². The molecule has 5 heteroatoms. The van der Waals surface area contributed by atoms with Crippen LogP contribution in [0.15, 0.2) is 39.6 Å². The zero-order valence-electron chi connectivity index (χ0n) is 15.4. The van der Waals surface area contributed by atoms with Crippen molar-refractivity contribution in [2.24, 2.45) is 0 Å². The van der Waals surface area contributed by atoms with Crippen LogP contribution in [-0.2, 0) is 10.2 Å². The number of aromatic nitrogens is 1. The summed E-state index contributed by atoms with van der Waals surface area (Å²) in [5.74, 6) is -0.264. The van der Waals surface area contributed by atoms with E-state index >= 15 is 0 Å². The Morgan fingerprint density at radius 3 is 2.52 bits per heavy atom. The van der Waals surface area contributed by atoms with Crippen molar-refractivity contribution >= 4 is 17.0 Å². The Hall–Kier alpha value is -2.30. The highest BCUT2D eigenvalue weighted by Crippen LogP contribution is 2.29. The van der Waals surface area contributed by atoms with E-state index < -0.39 is 0 Å². The average molecular weight is 342 g/mol. The fraction of sp³-hybridized carbons (Fsp3) is 0.500. The first-order chi connectivity index (χ1) is 11.8. The SMILES string of the molecule is C/C=C/C(=O)N1CCC(n2c(=O)oc3ccc(C(C)(C)C)cc32)CC1. The highest BCUT2D eigenvalue weighted by atomic mass is 16.4. The van der Waals surface area contributed by atoms with E-state index in [4.69, 9.17) is 4.42 Å². The lowest BCUT2D eigenvalue weighted by Crippen LogP contribution is -2.39. The molecule has 0 N–H and O–H groups in total. The summed E-state index contributed by atoms with van der Waals surface area (Å²) in [5.41, 5.74) is 2.67. The minimum absolute atomic E-state index is 0.00854. The van der Waals surface area contributed by atoms with Gasteiger partial charge in [-0.05, 0) is 49.0 Å². The van der Waals surface area contributed by atoms with Crippen LogP contribution in [0.3, 0.4) is 0 Å². The largest absolute Gasteiger partial charge is 0.420 e. The van der Waals surface area contributed by atoms with Gasteiger partial charge in [0.1, 0.15) is 0 Å². The van der Waals surface area contributed by atoms with E-state index in [2.05, 4.69) is 26.8 Å². The van der Waals surface area contributed by atoms with Crippen LogP contribution >= 0.6 is 0 Å². The van der Waals surface area contributed by atoms with Crippen molar-refractivity contribution < 1.29 is 9.21 Å². The molecule has 2 heterocycles. The second kappa shape index (κ2) is 6.54. The van der Waals surface area contributed by atoms with E-state index in [9.17, 15) is 9.59 Å². The van der Waals surface area contributed by atoms with Gasteiger partial charge in [0.15, 0.2) is 5.58 Å². The molecule has 0 aliphatic carbocycles. The molecule has 0 spiro atoms. The number of carbonyl (C=O) groups excluding carboxylic acids is 1. The first kappa shape index (κ1) is 17.5. The molecule has 134 valence electrons. The number of oxazole rings is 1. The van der Waals surface area contributed by atoms with Gasteiger partial charge in [-0.1, -0.05) is 32.9 Å². The first-order valence-corrected chi connectivity index (χ1v) is 8.88. The molecule has 3 rings (SSSR count). The lowest BCUT2D eigenvalue weighted by molar-refractivity contribution is -0.127. The predicted molar refractivity (Wildman–Crippen MR) is 98.8 cm³/mol. The number of benzene rings is 1. The highest BCUT2D eigenvalue weighted by molar-refractivity contribution is 5.87. The minimum atomic E-state index is -0.306. The lowest BCUT2D eigenvalue weighted by atomic mass is 9.87. The predicted octanol–water partition coefficient (Wildman–Crippen LogP) is 3.63. The van der Waals surface area contributed by atoms with Gasteiger partial charge in [0.05, 0.1) is 5.52 Å². The molecule has 1 aliphatic heterocycles. The van der Waals surface area contributed by atoms with E-state index in [1.165, 1.54) is 5.56 Å². The van der Waals surface area contributed by atoms with E-state index in [1.807, 2.05) is 24.0 Å². The first-order valence-electron chi connectivity index (χ1n) is 8.88. The van der Waals surface area contributed by atoms with Crippen LogP contribution in [0.5, 0.6) is 0 Å². The van der Waals surface area contributed by atoms with Crippen molar-refractivity contribution in [3.8, 4) is 0 Å². The number of piperidine rings is 1. The quantitative estimate of drug-likeness (QED) is 0.783. The molecule has 1 aromatic carbocycles. The molecule has 0 unspecified atom stereocenters. The maximum atomic E-state index is 12.4. The zero-order valence-corrected chi connectivity index (χ0v) is 15.4. The van der Waals surface area contributed by atoms with Crippen LogP contribution in [0, 0.1) is 0 Å². The second-order valence-electron chi connectivity index (χ2n) is 7.73. The Bertz CT molecular complexity index is 859. The molecule has 1 aromatic heterocycles. The summed E-state index contributed by atoms with van der Waals surface area (Å²) in [6, 6.07) is 6.04. The van der Waals surface area contributed by atoms with Gasteiger partial charge in [-0.25, -0.2) is 4.79 Å². The molecule has 0 radical (unpaired) electrons. The van der Waals surface area contributed by atoms with Gasteiger partial charge in [0, 0.05) is 19.1 Å².